The lowest BCUT2D eigenvalue weighted by Crippen LogP contribution is -2.52. The van der Waals surface area contributed by atoms with E-state index >= 15 is 0 Å². The van der Waals surface area contributed by atoms with E-state index < -0.39 is 0 Å². The molecule has 2 atom stereocenters. The van der Waals surface area contributed by atoms with Gasteiger partial charge in [0.05, 0.1) is 6.04 Å². The molecule has 0 radical (unpaired) electrons. The molecule has 1 aromatic heterocycles. The normalized spacial score (nSPS) is 27.9. The van der Waals surface area contributed by atoms with Gasteiger partial charge in [0.1, 0.15) is 5.82 Å². The van der Waals surface area contributed by atoms with Gasteiger partial charge in [-0.1, -0.05) is 6.92 Å². The van der Waals surface area contributed by atoms with Crippen LogP contribution >= 0.6 is 11.5 Å². The lowest BCUT2D eigenvalue weighted by molar-refractivity contribution is -0.123. The van der Waals surface area contributed by atoms with Crippen LogP contribution < -0.4 is 10.6 Å². The van der Waals surface area contributed by atoms with Crippen molar-refractivity contribution in [3.05, 3.63) is 5.82 Å². The highest BCUT2D eigenvalue weighted by Crippen LogP contribution is 2.37. The molecule has 2 fully saturated rings. The first-order valence-electron chi connectivity index (χ1n) is 6.64. The summed E-state index contributed by atoms with van der Waals surface area (Å²) in [5.41, 5.74) is 0. The number of carbonyl (C=O) groups excluding carboxylic acids is 1. The third-order valence-corrected chi connectivity index (χ3v) is 4.35. The van der Waals surface area contributed by atoms with Crippen LogP contribution in [0.5, 0.6) is 0 Å². The SMILES string of the molecule is CCc1nsc(NC2CCC(=O)NC2C2CC2)n1. The van der Waals surface area contributed by atoms with E-state index in [1.165, 1.54) is 24.4 Å². The van der Waals surface area contributed by atoms with Crippen molar-refractivity contribution in [2.75, 3.05) is 5.32 Å². The highest BCUT2D eigenvalue weighted by atomic mass is 32.1. The molecule has 1 aromatic rings. The smallest absolute Gasteiger partial charge is 0.220 e. The zero-order valence-electron chi connectivity index (χ0n) is 10.5. The molecule has 18 heavy (non-hydrogen) atoms. The second-order valence-electron chi connectivity index (χ2n) is 5.09. The van der Waals surface area contributed by atoms with Crippen molar-refractivity contribution in [2.24, 2.45) is 5.92 Å². The Kier molecular flexibility index (Phi) is 3.20. The van der Waals surface area contributed by atoms with Gasteiger partial charge in [0.2, 0.25) is 11.0 Å². The molecule has 5 nitrogen and oxygen atoms in total. The Morgan fingerprint density at radius 1 is 1.44 bits per heavy atom. The Labute approximate surface area is 111 Å². The first-order valence-corrected chi connectivity index (χ1v) is 7.42. The summed E-state index contributed by atoms with van der Waals surface area (Å²) < 4.78 is 4.28. The van der Waals surface area contributed by atoms with E-state index in [0.29, 0.717) is 18.4 Å². The molecule has 0 spiro atoms. The molecular weight excluding hydrogens is 248 g/mol. The number of aryl methyl sites for hydroxylation is 1. The fourth-order valence-electron chi connectivity index (χ4n) is 2.50. The average molecular weight is 266 g/mol. The van der Waals surface area contributed by atoms with Crippen LogP contribution in [-0.4, -0.2) is 27.3 Å². The van der Waals surface area contributed by atoms with Crippen LogP contribution in [0.1, 0.15) is 38.4 Å². The summed E-state index contributed by atoms with van der Waals surface area (Å²) in [6.07, 6.45) is 4.85. The Balaban J connectivity index is 1.67. The van der Waals surface area contributed by atoms with Crippen LogP contribution in [0.15, 0.2) is 0 Å². The molecule has 1 amide bonds. The molecule has 0 aromatic carbocycles. The highest BCUT2D eigenvalue weighted by Gasteiger charge is 2.40. The van der Waals surface area contributed by atoms with E-state index in [-0.39, 0.29) is 11.9 Å². The molecule has 1 aliphatic carbocycles. The third kappa shape index (κ3) is 2.48. The number of piperidine rings is 1. The Morgan fingerprint density at radius 3 is 2.94 bits per heavy atom. The topological polar surface area (TPSA) is 66.9 Å². The minimum atomic E-state index is 0.191. The standard InChI is InChI=1S/C12H18N4OS/c1-2-9-14-12(18-16-9)13-8-5-6-10(17)15-11(8)7-3-4-7/h7-8,11H,2-6H2,1H3,(H,15,17)(H,13,14,16). The largest absolute Gasteiger partial charge is 0.355 e. The summed E-state index contributed by atoms with van der Waals surface area (Å²) in [6, 6.07) is 0.591. The van der Waals surface area contributed by atoms with Crippen molar-refractivity contribution in [1.82, 2.24) is 14.7 Å². The molecule has 3 rings (SSSR count). The molecule has 2 unspecified atom stereocenters. The first-order chi connectivity index (χ1) is 8.76. The molecule has 2 N–H and O–H groups in total. The van der Waals surface area contributed by atoms with E-state index in [9.17, 15) is 4.79 Å². The molecule has 98 valence electrons. The van der Waals surface area contributed by atoms with Crippen LogP contribution in [0.25, 0.3) is 0 Å². The molecule has 1 saturated carbocycles. The first kappa shape index (κ1) is 11.9. The van der Waals surface area contributed by atoms with Crippen molar-refractivity contribution in [1.29, 1.82) is 0 Å². The predicted octanol–water partition coefficient (Wildman–Crippen LogP) is 1.57. The van der Waals surface area contributed by atoms with Crippen molar-refractivity contribution >= 4 is 22.6 Å². The maximum Gasteiger partial charge on any atom is 0.220 e. The van der Waals surface area contributed by atoms with E-state index in [1.807, 2.05) is 0 Å². The van der Waals surface area contributed by atoms with Gasteiger partial charge in [0.25, 0.3) is 0 Å². The van der Waals surface area contributed by atoms with Gasteiger partial charge in [0.15, 0.2) is 0 Å². The van der Waals surface area contributed by atoms with Crippen molar-refractivity contribution in [3.8, 4) is 0 Å². The zero-order valence-corrected chi connectivity index (χ0v) is 11.3. The number of rotatable bonds is 4. The minimum absolute atomic E-state index is 0.191. The highest BCUT2D eigenvalue weighted by molar-refractivity contribution is 7.09. The van der Waals surface area contributed by atoms with Crippen LogP contribution in [0, 0.1) is 5.92 Å². The number of anilines is 1. The Bertz CT molecular complexity index is 443. The van der Waals surface area contributed by atoms with Gasteiger partial charge in [-0.25, -0.2) is 4.98 Å². The molecule has 2 aliphatic rings. The summed E-state index contributed by atoms with van der Waals surface area (Å²) in [5, 5.41) is 7.47. The Hall–Kier alpha value is -1.17. The van der Waals surface area contributed by atoms with Crippen molar-refractivity contribution in [2.45, 2.75) is 51.1 Å². The maximum atomic E-state index is 11.5. The van der Waals surface area contributed by atoms with Crippen molar-refractivity contribution < 1.29 is 4.79 Å². The van der Waals surface area contributed by atoms with Gasteiger partial charge in [0, 0.05) is 30.4 Å². The van der Waals surface area contributed by atoms with Gasteiger partial charge in [-0.2, -0.15) is 4.37 Å². The number of hydrogen-bond acceptors (Lipinski definition) is 5. The second-order valence-corrected chi connectivity index (χ2v) is 5.84. The Morgan fingerprint density at radius 2 is 2.28 bits per heavy atom. The van der Waals surface area contributed by atoms with E-state index in [1.54, 1.807) is 0 Å². The van der Waals surface area contributed by atoms with Crippen LogP contribution in [0.2, 0.25) is 0 Å². The predicted molar refractivity (Wildman–Crippen MR) is 70.6 cm³/mol. The number of amides is 1. The van der Waals surface area contributed by atoms with Crippen LogP contribution in [0.4, 0.5) is 5.13 Å². The van der Waals surface area contributed by atoms with Crippen LogP contribution in [0.3, 0.4) is 0 Å². The summed E-state index contributed by atoms with van der Waals surface area (Å²) in [5.74, 6) is 1.74. The number of hydrogen-bond donors (Lipinski definition) is 2. The average Bonchev–Trinajstić information content (AvgIpc) is 3.12. The van der Waals surface area contributed by atoms with Crippen molar-refractivity contribution in [3.63, 3.8) is 0 Å². The third-order valence-electron chi connectivity index (χ3n) is 3.67. The lowest BCUT2D eigenvalue weighted by atomic mass is 9.94. The van der Waals surface area contributed by atoms with Crippen LogP contribution in [-0.2, 0) is 11.2 Å². The van der Waals surface area contributed by atoms with E-state index in [4.69, 9.17) is 0 Å². The van der Waals surface area contributed by atoms with E-state index in [2.05, 4.69) is 26.9 Å². The summed E-state index contributed by atoms with van der Waals surface area (Å²) in [7, 11) is 0. The fourth-order valence-corrected chi connectivity index (χ4v) is 3.22. The molecule has 0 bridgehead atoms. The summed E-state index contributed by atoms with van der Waals surface area (Å²) in [6.45, 7) is 2.06. The molecule has 1 aliphatic heterocycles. The number of carbonyl (C=O) groups is 1. The van der Waals surface area contributed by atoms with Gasteiger partial charge in [-0.15, -0.1) is 0 Å². The number of nitrogens with zero attached hydrogens (tertiary/aromatic N) is 2. The van der Waals surface area contributed by atoms with Gasteiger partial charge in [-0.05, 0) is 25.2 Å². The quantitative estimate of drug-likeness (QED) is 0.868. The van der Waals surface area contributed by atoms with Gasteiger partial charge in [-0.3, -0.25) is 4.79 Å². The van der Waals surface area contributed by atoms with Gasteiger partial charge < -0.3 is 10.6 Å². The van der Waals surface area contributed by atoms with E-state index in [0.717, 1.165) is 23.8 Å². The van der Waals surface area contributed by atoms with Gasteiger partial charge >= 0.3 is 0 Å². The summed E-state index contributed by atoms with van der Waals surface area (Å²) in [4.78, 5) is 15.9. The fraction of sp³-hybridized carbons (Fsp3) is 0.750. The second kappa shape index (κ2) is 4.84. The lowest BCUT2D eigenvalue weighted by Gasteiger charge is -2.32. The number of nitrogens with one attached hydrogen (secondary N) is 2. The molecule has 1 saturated heterocycles. The molecule has 6 heteroatoms. The summed E-state index contributed by atoms with van der Waals surface area (Å²) >= 11 is 1.42. The zero-order chi connectivity index (χ0) is 12.5. The maximum absolute atomic E-state index is 11.5. The molecule has 2 heterocycles. The monoisotopic (exact) mass is 266 g/mol. The molecular formula is C12H18N4OS. The number of aromatic nitrogens is 2. The minimum Gasteiger partial charge on any atom is -0.355 e.